The minimum atomic E-state index is -0.574. The summed E-state index contributed by atoms with van der Waals surface area (Å²) in [5, 5.41) is 2.81. The molecule has 0 spiro atoms. The highest BCUT2D eigenvalue weighted by Crippen LogP contribution is 2.16. The molecule has 0 aliphatic rings. The summed E-state index contributed by atoms with van der Waals surface area (Å²) in [6, 6.07) is 13.9. The Labute approximate surface area is 134 Å². The average Bonchev–Trinajstić information content (AvgIpc) is 2.54. The molecule has 2 aromatic rings. The molecule has 0 bridgehead atoms. The molecule has 0 heterocycles. The Morgan fingerprint density at radius 2 is 1.91 bits per heavy atom. The summed E-state index contributed by atoms with van der Waals surface area (Å²) in [4.78, 5) is 23.0. The van der Waals surface area contributed by atoms with Crippen LogP contribution in [0.4, 0.5) is 5.69 Å². The van der Waals surface area contributed by atoms with Gasteiger partial charge in [-0.25, -0.2) is 0 Å². The first-order valence-electron chi connectivity index (χ1n) is 6.99. The first-order valence-corrected chi connectivity index (χ1v) is 6.99. The van der Waals surface area contributed by atoms with Crippen molar-refractivity contribution in [2.45, 2.75) is 6.61 Å². The van der Waals surface area contributed by atoms with Gasteiger partial charge in [0.25, 0.3) is 11.8 Å². The number of anilines is 1. The summed E-state index contributed by atoms with van der Waals surface area (Å²) >= 11 is 0. The van der Waals surface area contributed by atoms with E-state index in [2.05, 4.69) is 5.32 Å². The smallest absolute Gasteiger partial charge is 0.255 e. The van der Waals surface area contributed by atoms with Crippen molar-refractivity contribution in [1.82, 2.24) is 0 Å². The molecule has 0 atom stereocenters. The van der Waals surface area contributed by atoms with Gasteiger partial charge in [-0.2, -0.15) is 0 Å². The lowest BCUT2D eigenvalue weighted by Gasteiger charge is -2.09. The molecule has 120 valence electrons. The Balaban J connectivity index is 2.07. The summed E-state index contributed by atoms with van der Waals surface area (Å²) in [5.74, 6) is -0.441. The van der Waals surface area contributed by atoms with Gasteiger partial charge in [0.1, 0.15) is 5.75 Å². The molecule has 0 unspecified atom stereocenters. The molecule has 2 amide bonds. The van der Waals surface area contributed by atoms with Gasteiger partial charge in [0.2, 0.25) is 0 Å². The van der Waals surface area contributed by atoms with E-state index < -0.39 is 5.91 Å². The Bertz CT molecular complexity index is 700. The summed E-state index contributed by atoms with van der Waals surface area (Å²) in [6.07, 6.45) is 0. The van der Waals surface area contributed by atoms with Crippen LogP contribution in [0.25, 0.3) is 0 Å². The highest BCUT2D eigenvalue weighted by molar-refractivity contribution is 6.04. The molecule has 2 rings (SSSR count). The maximum Gasteiger partial charge on any atom is 0.255 e. The van der Waals surface area contributed by atoms with Gasteiger partial charge in [-0.15, -0.1) is 0 Å². The van der Waals surface area contributed by atoms with Crippen molar-refractivity contribution < 1.29 is 19.1 Å². The zero-order valence-electron chi connectivity index (χ0n) is 12.7. The van der Waals surface area contributed by atoms with E-state index in [0.29, 0.717) is 23.6 Å². The first-order chi connectivity index (χ1) is 11.1. The van der Waals surface area contributed by atoms with Crippen LogP contribution < -0.4 is 15.8 Å². The molecule has 0 aliphatic heterocycles. The second kappa shape index (κ2) is 7.95. The van der Waals surface area contributed by atoms with Crippen LogP contribution in [0.2, 0.25) is 0 Å². The average molecular weight is 314 g/mol. The van der Waals surface area contributed by atoms with E-state index in [9.17, 15) is 9.59 Å². The normalized spacial score (nSPS) is 10.1. The molecule has 0 saturated carbocycles. The molecule has 23 heavy (non-hydrogen) atoms. The van der Waals surface area contributed by atoms with Crippen molar-refractivity contribution in [3.05, 3.63) is 59.7 Å². The summed E-state index contributed by atoms with van der Waals surface area (Å²) in [5.41, 5.74) is 7.08. The van der Waals surface area contributed by atoms with Gasteiger partial charge in [0.05, 0.1) is 6.61 Å². The summed E-state index contributed by atoms with van der Waals surface area (Å²) < 4.78 is 10.3. The van der Waals surface area contributed by atoms with Crippen LogP contribution in [-0.4, -0.2) is 25.5 Å². The summed E-state index contributed by atoms with van der Waals surface area (Å²) in [6.45, 7) is 0.240. The highest BCUT2D eigenvalue weighted by atomic mass is 16.5. The topological polar surface area (TPSA) is 90.7 Å². The molecule has 0 fully saturated rings. The van der Waals surface area contributed by atoms with E-state index in [-0.39, 0.29) is 12.5 Å². The van der Waals surface area contributed by atoms with Crippen LogP contribution in [0.3, 0.4) is 0 Å². The fourth-order valence-electron chi connectivity index (χ4n) is 1.99. The number of carbonyl (C=O) groups is 2. The quantitative estimate of drug-likeness (QED) is 0.817. The van der Waals surface area contributed by atoms with Crippen molar-refractivity contribution in [2.75, 3.05) is 19.0 Å². The highest BCUT2D eigenvalue weighted by Gasteiger charge is 2.08. The van der Waals surface area contributed by atoms with Gasteiger partial charge in [-0.1, -0.05) is 18.2 Å². The fourth-order valence-corrected chi connectivity index (χ4v) is 1.99. The minimum absolute atomic E-state index is 0.232. The molecule has 0 aliphatic carbocycles. The number of ether oxygens (including phenoxy) is 2. The fraction of sp³-hybridized carbons (Fsp3) is 0.176. The van der Waals surface area contributed by atoms with Crippen LogP contribution in [0.5, 0.6) is 5.75 Å². The Hall–Kier alpha value is -2.86. The number of hydrogen-bond acceptors (Lipinski definition) is 4. The standard InChI is InChI=1S/C17H18N2O4/c1-22-10-12-4-2-6-14(8-12)19-17(21)13-5-3-7-15(9-13)23-11-16(18)20/h2-9H,10-11H2,1H3,(H2,18,20)(H,19,21). The third-order valence-electron chi connectivity index (χ3n) is 2.97. The lowest BCUT2D eigenvalue weighted by Crippen LogP contribution is -2.20. The monoisotopic (exact) mass is 314 g/mol. The zero-order chi connectivity index (χ0) is 16.7. The first kappa shape index (κ1) is 16.5. The van der Waals surface area contributed by atoms with Crippen LogP contribution in [0.1, 0.15) is 15.9 Å². The number of methoxy groups -OCH3 is 1. The van der Waals surface area contributed by atoms with Crippen LogP contribution in [-0.2, 0) is 16.1 Å². The van der Waals surface area contributed by atoms with E-state index >= 15 is 0 Å². The van der Waals surface area contributed by atoms with Crippen molar-refractivity contribution in [3.63, 3.8) is 0 Å². The van der Waals surface area contributed by atoms with Crippen molar-refractivity contribution in [2.24, 2.45) is 5.73 Å². The molecule has 0 saturated heterocycles. The SMILES string of the molecule is COCc1cccc(NC(=O)c2cccc(OCC(N)=O)c2)c1. The number of nitrogens with one attached hydrogen (secondary N) is 1. The van der Waals surface area contributed by atoms with E-state index in [4.69, 9.17) is 15.2 Å². The van der Waals surface area contributed by atoms with Crippen molar-refractivity contribution in [3.8, 4) is 5.75 Å². The predicted octanol–water partition coefficient (Wildman–Crippen LogP) is 1.95. The molecular weight excluding hydrogens is 296 g/mol. The predicted molar refractivity (Wildman–Crippen MR) is 86.2 cm³/mol. The van der Waals surface area contributed by atoms with E-state index in [1.165, 1.54) is 0 Å². The molecule has 6 nitrogen and oxygen atoms in total. The maximum atomic E-state index is 12.3. The number of carbonyl (C=O) groups excluding carboxylic acids is 2. The van der Waals surface area contributed by atoms with E-state index in [1.54, 1.807) is 37.4 Å². The second-order valence-electron chi connectivity index (χ2n) is 4.87. The maximum absolute atomic E-state index is 12.3. The summed E-state index contributed by atoms with van der Waals surface area (Å²) in [7, 11) is 1.61. The van der Waals surface area contributed by atoms with Gasteiger partial charge >= 0.3 is 0 Å². The van der Waals surface area contributed by atoms with Crippen LogP contribution in [0.15, 0.2) is 48.5 Å². The lowest BCUT2D eigenvalue weighted by atomic mass is 10.1. The number of nitrogens with two attached hydrogens (primary N) is 1. The molecule has 6 heteroatoms. The third kappa shape index (κ3) is 5.12. The molecular formula is C17H18N2O4. The Morgan fingerprint density at radius 1 is 1.13 bits per heavy atom. The van der Waals surface area contributed by atoms with Crippen LogP contribution in [0, 0.1) is 0 Å². The van der Waals surface area contributed by atoms with Crippen molar-refractivity contribution in [1.29, 1.82) is 0 Å². The number of benzene rings is 2. The van der Waals surface area contributed by atoms with Crippen LogP contribution >= 0.6 is 0 Å². The lowest BCUT2D eigenvalue weighted by molar-refractivity contribution is -0.119. The Morgan fingerprint density at radius 3 is 2.65 bits per heavy atom. The Kier molecular flexibility index (Phi) is 5.71. The van der Waals surface area contributed by atoms with Gasteiger partial charge in [0.15, 0.2) is 6.61 Å². The molecule has 0 aromatic heterocycles. The number of hydrogen-bond donors (Lipinski definition) is 2. The number of primary amides is 1. The molecule has 2 aromatic carbocycles. The van der Waals surface area contributed by atoms with Gasteiger partial charge < -0.3 is 20.5 Å². The van der Waals surface area contributed by atoms with Gasteiger partial charge in [-0.05, 0) is 35.9 Å². The third-order valence-corrected chi connectivity index (χ3v) is 2.97. The molecule has 3 N–H and O–H groups in total. The van der Waals surface area contributed by atoms with E-state index in [0.717, 1.165) is 5.56 Å². The second-order valence-corrected chi connectivity index (χ2v) is 4.87. The zero-order valence-corrected chi connectivity index (χ0v) is 12.7. The number of rotatable bonds is 7. The van der Waals surface area contributed by atoms with Crippen molar-refractivity contribution >= 4 is 17.5 Å². The minimum Gasteiger partial charge on any atom is -0.484 e. The number of amides is 2. The molecule has 0 radical (unpaired) electrons. The van der Waals surface area contributed by atoms with E-state index in [1.807, 2.05) is 18.2 Å². The van der Waals surface area contributed by atoms with Gasteiger partial charge in [-0.3, -0.25) is 9.59 Å². The van der Waals surface area contributed by atoms with Gasteiger partial charge in [0, 0.05) is 18.4 Å². The largest absolute Gasteiger partial charge is 0.484 e.